The summed E-state index contributed by atoms with van der Waals surface area (Å²) in [4.78, 5) is 7.08. The second-order valence-electron chi connectivity index (χ2n) is 3.24. The molecule has 1 aromatic carbocycles. The molecule has 0 aliphatic rings. The van der Waals surface area contributed by atoms with Gasteiger partial charge < -0.3 is 10.1 Å². The molecule has 14 heavy (non-hydrogen) atoms. The van der Waals surface area contributed by atoms with Gasteiger partial charge in [-0.15, -0.1) is 0 Å². The summed E-state index contributed by atoms with van der Waals surface area (Å²) in [6.07, 6.45) is 3.63. The number of hydrogen-bond acceptors (Lipinski definition) is 2. The third-order valence-electron chi connectivity index (χ3n) is 2.41. The van der Waals surface area contributed by atoms with E-state index in [1.165, 1.54) is 0 Å². The maximum Gasteiger partial charge on any atom is 0.221 e. The highest BCUT2D eigenvalue weighted by Gasteiger charge is 2.06. The average Bonchev–Trinajstić information content (AvgIpc) is 2.67. The number of H-pyrrole nitrogens is 1. The Morgan fingerprint density at radius 2 is 1.79 bits per heavy atom. The van der Waals surface area contributed by atoms with Gasteiger partial charge in [0.1, 0.15) is 0 Å². The summed E-state index contributed by atoms with van der Waals surface area (Å²) in [6, 6.07) is 7.76. The molecule has 2 aromatic heterocycles. The van der Waals surface area contributed by atoms with Gasteiger partial charge in [-0.2, -0.15) is 0 Å². The van der Waals surface area contributed by atoms with Crippen molar-refractivity contribution in [1.82, 2.24) is 9.97 Å². The van der Waals surface area contributed by atoms with Crippen LogP contribution in [-0.4, -0.2) is 15.1 Å². The fraction of sp³-hybridized carbons (Fsp3) is 0. The summed E-state index contributed by atoms with van der Waals surface area (Å²) in [5.41, 5.74) is 0.817. The van der Waals surface area contributed by atoms with Crippen LogP contribution in [0.15, 0.2) is 36.7 Å². The van der Waals surface area contributed by atoms with Crippen molar-refractivity contribution in [3.63, 3.8) is 0 Å². The Bertz CT molecular complexity index is 613. The van der Waals surface area contributed by atoms with E-state index in [9.17, 15) is 5.11 Å². The van der Waals surface area contributed by atoms with E-state index in [2.05, 4.69) is 9.97 Å². The fourth-order valence-corrected chi connectivity index (χ4v) is 1.74. The lowest BCUT2D eigenvalue weighted by atomic mass is 10.1. The number of para-hydroxylation sites is 1. The van der Waals surface area contributed by atoms with Gasteiger partial charge in [-0.3, -0.25) is 0 Å². The molecule has 0 amide bonds. The van der Waals surface area contributed by atoms with Gasteiger partial charge in [0.05, 0.1) is 10.9 Å². The van der Waals surface area contributed by atoms with Gasteiger partial charge in [0, 0.05) is 23.2 Å². The van der Waals surface area contributed by atoms with Gasteiger partial charge in [0.15, 0.2) is 0 Å². The van der Waals surface area contributed by atoms with Gasteiger partial charge in [-0.25, -0.2) is 4.98 Å². The van der Waals surface area contributed by atoms with Crippen molar-refractivity contribution >= 4 is 21.7 Å². The van der Waals surface area contributed by atoms with Crippen LogP contribution in [0.1, 0.15) is 0 Å². The van der Waals surface area contributed by atoms with Crippen molar-refractivity contribution < 1.29 is 5.11 Å². The summed E-state index contributed by atoms with van der Waals surface area (Å²) >= 11 is 0. The minimum atomic E-state index is 0.0833. The molecule has 0 saturated carbocycles. The molecule has 0 aliphatic heterocycles. The number of nitrogens with zero attached hydrogens (tertiary/aromatic N) is 1. The van der Waals surface area contributed by atoms with Gasteiger partial charge in [0.25, 0.3) is 0 Å². The average molecular weight is 184 g/mol. The largest absolute Gasteiger partial charge is 0.493 e. The number of rotatable bonds is 0. The highest BCUT2D eigenvalue weighted by atomic mass is 16.3. The third kappa shape index (κ3) is 0.836. The van der Waals surface area contributed by atoms with Crippen LogP contribution in [0.4, 0.5) is 0 Å². The molecule has 0 fully saturated rings. The van der Waals surface area contributed by atoms with Crippen molar-refractivity contribution in [1.29, 1.82) is 0 Å². The summed E-state index contributed by atoms with van der Waals surface area (Å²) < 4.78 is 0. The molecule has 3 rings (SSSR count). The van der Waals surface area contributed by atoms with E-state index < -0.39 is 0 Å². The van der Waals surface area contributed by atoms with Crippen molar-refractivity contribution in [3.8, 4) is 5.88 Å². The number of benzene rings is 1. The van der Waals surface area contributed by atoms with Gasteiger partial charge in [-0.1, -0.05) is 18.2 Å². The zero-order valence-corrected chi connectivity index (χ0v) is 7.36. The molecule has 0 aliphatic carbocycles. The third-order valence-corrected chi connectivity index (χ3v) is 2.41. The molecule has 0 bridgehead atoms. The van der Waals surface area contributed by atoms with E-state index in [1.54, 1.807) is 6.20 Å². The quantitative estimate of drug-likeness (QED) is 0.563. The lowest BCUT2D eigenvalue weighted by Crippen LogP contribution is -1.79. The first kappa shape index (κ1) is 7.38. The lowest BCUT2D eigenvalue weighted by molar-refractivity contribution is 0.462. The molecule has 3 heteroatoms. The molecule has 0 unspecified atom stereocenters. The van der Waals surface area contributed by atoms with Gasteiger partial charge >= 0.3 is 0 Å². The lowest BCUT2D eigenvalue weighted by Gasteiger charge is -1.99. The summed E-state index contributed by atoms with van der Waals surface area (Å²) in [6.45, 7) is 0. The van der Waals surface area contributed by atoms with Crippen LogP contribution in [0.2, 0.25) is 0 Å². The molecule has 68 valence electrons. The van der Waals surface area contributed by atoms with Crippen LogP contribution in [0, 0.1) is 0 Å². The monoisotopic (exact) mass is 184 g/mol. The number of hydrogen-bond donors (Lipinski definition) is 2. The predicted octanol–water partition coefficient (Wildman–Crippen LogP) is 2.42. The number of aromatic hydroxyl groups is 1. The van der Waals surface area contributed by atoms with Crippen molar-refractivity contribution in [2.24, 2.45) is 0 Å². The van der Waals surface area contributed by atoms with Crippen LogP contribution < -0.4 is 0 Å². The number of nitrogens with one attached hydrogen (secondary N) is 1. The van der Waals surface area contributed by atoms with Crippen LogP contribution in [0.25, 0.3) is 21.7 Å². The molecule has 0 radical (unpaired) electrons. The highest BCUT2D eigenvalue weighted by Crippen LogP contribution is 2.29. The van der Waals surface area contributed by atoms with Crippen LogP contribution >= 0.6 is 0 Å². The molecule has 3 nitrogen and oxygen atoms in total. The minimum absolute atomic E-state index is 0.0833. The molecular weight excluding hydrogens is 176 g/mol. The van der Waals surface area contributed by atoms with E-state index in [4.69, 9.17) is 0 Å². The number of aromatic nitrogens is 2. The van der Waals surface area contributed by atoms with Gasteiger partial charge in [0.2, 0.25) is 5.88 Å². The topological polar surface area (TPSA) is 48.9 Å². The van der Waals surface area contributed by atoms with Crippen molar-refractivity contribution in [2.75, 3.05) is 0 Å². The van der Waals surface area contributed by atoms with Crippen molar-refractivity contribution in [2.45, 2.75) is 0 Å². The molecule has 0 spiro atoms. The Labute approximate surface area is 80.0 Å². The first-order valence-electron chi connectivity index (χ1n) is 4.40. The molecule has 0 atom stereocenters. The Morgan fingerprint density at radius 1 is 1.00 bits per heavy atom. The normalized spacial score (nSPS) is 11.1. The Balaban J connectivity index is 2.66. The SMILES string of the molecule is Oc1nc2ccccc2c2c[nH]cc12. The van der Waals surface area contributed by atoms with E-state index in [0.717, 1.165) is 21.7 Å². The maximum absolute atomic E-state index is 9.63. The first-order valence-corrected chi connectivity index (χ1v) is 4.40. The number of fused-ring (bicyclic) bond motifs is 3. The molecule has 0 saturated heterocycles. The number of aromatic amines is 1. The fourth-order valence-electron chi connectivity index (χ4n) is 1.74. The smallest absolute Gasteiger partial charge is 0.221 e. The molecule has 3 aromatic rings. The number of pyridine rings is 1. The highest BCUT2D eigenvalue weighted by molar-refractivity contribution is 6.07. The Morgan fingerprint density at radius 3 is 2.71 bits per heavy atom. The second-order valence-corrected chi connectivity index (χ2v) is 3.24. The maximum atomic E-state index is 9.63. The van der Waals surface area contributed by atoms with Crippen LogP contribution in [0.5, 0.6) is 5.88 Å². The minimum Gasteiger partial charge on any atom is -0.493 e. The zero-order chi connectivity index (χ0) is 9.54. The summed E-state index contributed by atoms with van der Waals surface area (Å²) in [5, 5.41) is 12.5. The Hall–Kier alpha value is -2.03. The zero-order valence-electron chi connectivity index (χ0n) is 7.36. The van der Waals surface area contributed by atoms with E-state index in [1.807, 2.05) is 30.5 Å². The standard InChI is InChI=1S/C11H8N2O/c14-11-9-6-12-5-8(9)7-3-1-2-4-10(7)13-11/h1-6,12H,(H,13,14). The van der Waals surface area contributed by atoms with Crippen LogP contribution in [-0.2, 0) is 0 Å². The summed E-state index contributed by atoms with van der Waals surface area (Å²) in [5.74, 6) is 0.0833. The van der Waals surface area contributed by atoms with Crippen molar-refractivity contribution in [3.05, 3.63) is 36.7 Å². The molecular formula is C11H8N2O. The van der Waals surface area contributed by atoms with E-state index in [-0.39, 0.29) is 5.88 Å². The molecule has 2 N–H and O–H groups in total. The second kappa shape index (κ2) is 2.48. The van der Waals surface area contributed by atoms with Gasteiger partial charge in [-0.05, 0) is 6.07 Å². The first-order chi connectivity index (χ1) is 6.86. The summed E-state index contributed by atoms with van der Waals surface area (Å²) in [7, 11) is 0. The molecule has 2 heterocycles. The van der Waals surface area contributed by atoms with E-state index in [0.29, 0.717) is 0 Å². The van der Waals surface area contributed by atoms with Crippen LogP contribution in [0.3, 0.4) is 0 Å². The predicted molar refractivity (Wildman–Crippen MR) is 55.3 cm³/mol. The van der Waals surface area contributed by atoms with E-state index >= 15 is 0 Å². The Kier molecular flexibility index (Phi) is 1.31.